The fraction of sp³-hybridized carbons (Fsp3) is 0.150. The fourth-order valence-electron chi connectivity index (χ4n) is 3.03. The third-order valence-electron chi connectivity index (χ3n) is 4.47. The van der Waals surface area contributed by atoms with Crippen molar-refractivity contribution in [1.82, 2.24) is 19.6 Å². The van der Waals surface area contributed by atoms with E-state index in [1.165, 1.54) is 6.07 Å². The van der Waals surface area contributed by atoms with Gasteiger partial charge in [-0.1, -0.05) is 6.07 Å². The standard InChI is InChI=1S/C20H18FN5O/c1-13-16(4-3-9-22-13)17-6-8-19(26-12-24-25-20(17)26)23-11-14-10-15(27-2)5-7-18(14)21/h3-10,12,23H,11H2,1-2H3. The summed E-state index contributed by atoms with van der Waals surface area (Å²) in [6.45, 7) is 2.27. The molecule has 0 aliphatic heterocycles. The van der Waals surface area contributed by atoms with Gasteiger partial charge in [0.15, 0.2) is 5.65 Å². The third-order valence-corrected chi connectivity index (χ3v) is 4.47. The molecular formula is C20H18FN5O. The van der Waals surface area contributed by atoms with E-state index in [0.717, 1.165) is 22.6 Å². The summed E-state index contributed by atoms with van der Waals surface area (Å²) in [6.07, 6.45) is 3.40. The summed E-state index contributed by atoms with van der Waals surface area (Å²) in [5, 5.41) is 11.5. The molecule has 0 saturated heterocycles. The zero-order valence-electron chi connectivity index (χ0n) is 15.0. The smallest absolute Gasteiger partial charge is 0.170 e. The molecule has 3 aromatic heterocycles. The highest BCUT2D eigenvalue weighted by Gasteiger charge is 2.12. The minimum Gasteiger partial charge on any atom is -0.497 e. The molecule has 0 atom stereocenters. The van der Waals surface area contributed by atoms with Crippen molar-refractivity contribution in [1.29, 1.82) is 0 Å². The minimum atomic E-state index is -0.286. The first-order valence-corrected chi connectivity index (χ1v) is 8.48. The van der Waals surface area contributed by atoms with Crippen LogP contribution in [0.2, 0.25) is 0 Å². The zero-order valence-corrected chi connectivity index (χ0v) is 15.0. The lowest BCUT2D eigenvalue weighted by Crippen LogP contribution is -2.06. The lowest BCUT2D eigenvalue weighted by Gasteiger charge is -2.13. The van der Waals surface area contributed by atoms with Crippen molar-refractivity contribution in [3.05, 3.63) is 72.1 Å². The largest absolute Gasteiger partial charge is 0.497 e. The number of benzene rings is 1. The molecule has 27 heavy (non-hydrogen) atoms. The van der Waals surface area contributed by atoms with Crippen LogP contribution in [0.3, 0.4) is 0 Å². The summed E-state index contributed by atoms with van der Waals surface area (Å²) in [4.78, 5) is 4.34. The normalized spacial score (nSPS) is 10.9. The number of ether oxygens (including phenoxy) is 1. The lowest BCUT2D eigenvalue weighted by molar-refractivity contribution is 0.413. The van der Waals surface area contributed by atoms with Crippen molar-refractivity contribution >= 4 is 11.5 Å². The first-order valence-electron chi connectivity index (χ1n) is 8.48. The van der Waals surface area contributed by atoms with E-state index in [0.29, 0.717) is 23.5 Å². The summed E-state index contributed by atoms with van der Waals surface area (Å²) >= 11 is 0. The highest BCUT2D eigenvalue weighted by Crippen LogP contribution is 2.28. The maximum Gasteiger partial charge on any atom is 0.170 e. The highest BCUT2D eigenvalue weighted by atomic mass is 19.1. The Morgan fingerprint density at radius 2 is 2.04 bits per heavy atom. The average molecular weight is 363 g/mol. The van der Waals surface area contributed by atoms with Crippen LogP contribution in [0, 0.1) is 12.7 Å². The quantitative estimate of drug-likeness (QED) is 0.583. The highest BCUT2D eigenvalue weighted by molar-refractivity contribution is 5.80. The van der Waals surface area contributed by atoms with Gasteiger partial charge in [-0.15, -0.1) is 10.2 Å². The number of aryl methyl sites for hydroxylation is 1. The van der Waals surface area contributed by atoms with Crippen LogP contribution in [0.25, 0.3) is 16.8 Å². The molecule has 0 bridgehead atoms. The van der Waals surface area contributed by atoms with Crippen LogP contribution in [0.4, 0.5) is 10.2 Å². The molecule has 3 heterocycles. The van der Waals surface area contributed by atoms with Crippen molar-refractivity contribution < 1.29 is 9.13 Å². The summed E-state index contributed by atoms with van der Waals surface area (Å²) < 4.78 is 21.1. The van der Waals surface area contributed by atoms with E-state index in [4.69, 9.17) is 4.74 Å². The second-order valence-corrected chi connectivity index (χ2v) is 6.10. The average Bonchev–Trinajstić information content (AvgIpc) is 3.18. The van der Waals surface area contributed by atoms with Gasteiger partial charge in [-0.05, 0) is 43.3 Å². The number of anilines is 1. The number of hydrogen-bond donors (Lipinski definition) is 1. The Labute approximate surface area is 155 Å². The Morgan fingerprint density at radius 1 is 1.15 bits per heavy atom. The maximum atomic E-state index is 14.1. The van der Waals surface area contributed by atoms with Gasteiger partial charge in [-0.25, -0.2) is 4.39 Å². The molecule has 1 aromatic carbocycles. The summed E-state index contributed by atoms with van der Waals surface area (Å²) in [7, 11) is 1.56. The van der Waals surface area contributed by atoms with Crippen molar-refractivity contribution in [2.24, 2.45) is 0 Å². The molecule has 0 amide bonds. The van der Waals surface area contributed by atoms with E-state index in [1.807, 2.05) is 35.6 Å². The first-order chi connectivity index (χ1) is 13.2. The minimum absolute atomic E-state index is 0.286. The predicted octanol–water partition coefficient (Wildman–Crippen LogP) is 3.86. The van der Waals surface area contributed by atoms with Crippen molar-refractivity contribution in [3.63, 3.8) is 0 Å². The number of fused-ring (bicyclic) bond motifs is 1. The van der Waals surface area contributed by atoms with Gasteiger partial charge in [-0.2, -0.15) is 0 Å². The molecule has 6 nitrogen and oxygen atoms in total. The van der Waals surface area contributed by atoms with Gasteiger partial charge in [0, 0.05) is 35.1 Å². The van der Waals surface area contributed by atoms with Gasteiger partial charge >= 0.3 is 0 Å². The molecule has 0 fully saturated rings. The van der Waals surface area contributed by atoms with Crippen LogP contribution >= 0.6 is 0 Å². The number of halogens is 1. The Bertz CT molecular complexity index is 1110. The Balaban J connectivity index is 1.68. The van der Waals surface area contributed by atoms with Gasteiger partial charge in [0.1, 0.15) is 23.7 Å². The second-order valence-electron chi connectivity index (χ2n) is 6.10. The lowest BCUT2D eigenvalue weighted by atomic mass is 10.1. The maximum absolute atomic E-state index is 14.1. The summed E-state index contributed by atoms with van der Waals surface area (Å²) in [6, 6.07) is 12.5. The number of nitrogens with zero attached hydrogens (tertiary/aromatic N) is 4. The number of rotatable bonds is 5. The van der Waals surface area contributed by atoms with Crippen LogP contribution in [0.5, 0.6) is 5.75 Å². The molecule has 4 rings (SSSR count). The number of nitrogens with one attached hydrogen (secondary N) is 1. The van der Waals surface area contributed by atoms with Gasteiger partial charge in [-0.3, -0.25) is 9.38 Å². The molecule has 0 saturated carbocycles. The van der Waals surface area contributed by atoms with Crippen LogP contribution < -0.4 is 10.1 Å². The number of aromatic nitrogens is 4. The number of hydrogen-bond acceptors (Lipinski definition) is 5. The van der Waals surface area contributed by atoms with Gasteiger partial charge in [0.2, 0.25) is 0 Å². The van der Waals surface area contributed by atoms with E-state index < -0.39 is 0 Å². The van der Waals surface area contributed by atoms with E-state index in [-0.39, 0.29) is 5.82 Å². The van der Waals surface area contributed by atoms with Crippen LogP contribution in [0.15, 0.2) is 55.0 Å². The Kier molecular flexibility index (Phi) is 4.42. The molecule has 7 heteroatoms. The molecule has 1 N–H and O–H groups in total. The van der Waals surface area contributed by atoms with Gasteiger partial charge in [0.25, 0.3) is 0 Å². The molecular weight excluding hydrogens is 345 g/mol. The SMILES string of the molecule is COc1ccc(F)c(CNc2ccc(-c3cccnc3C)c3nncn23)c1. The number of pyridine rings is 2. The Hall–Kier alpha value is -3.48. The topological polar surface area (TPSA) is 64.3 Å². The van der Waals surface area contributed by atoms with Gasteiger partial charge < -0.3 is 10.1 Å². The van der Waals surface area contributed by atoms with Crippen molar-refractivity contribution in [2.75, 3.05) is 12.4 Å². The van der Waals surface area contributed by atoms with E-state index in [1.54, 1.807) is 31.8 Å². The summed E-state index contributed by atoms with van der Waals surface area (Å²) in [5.74, 6) is 1.10. The molecule has 0 radical (unpaired) electrons. The molecule has 0 spiro atoms. The van der Waals surface area contributed by atoms with Crippen LogP contribution in [-0.2, 0) is 6.54 Å². The molecule has 136 valence electrons. The van der Waals surface area contributed by atoms with Crippen molar-refractivity contribution in [2.45, 2.75) is 13.5 Å². The molecule has 0 unspecified atom stereocenters. The monoisotopic (exact) mass is 363 g/mol. The predicted molar refractivity (Wildman–Crippen MR) is 101 cm³/mol. The second kappa shape index (κ2) is 7.03. The van der Waals surface area contributed by atoms with Crippen LogP contribution in [0.1, 0.15) is 11.3 Å². The van der Waals surface area contributed by atoms with Crippen molar-refractivity contribution in [3.8, 4) is 16.9 Å². The molecule has 4 aromatic rings. The Morgan fingerprint density at radius 3 is 2.85 bits per heavy atom. The fourth-order valence-corrected chi connectivity index (χ4v) is 3.03. The first kappa shape index (κ1) is 17.0. The van der Waals surface area contributed by atoms with E-state index in [2.05, 4.69) is 20.5 Å². The van der Waals surface area contributed by atoms with Gasteiger partial charge in [0.05, 0.1) is 7.11 Å². The van der Waals surface area contributed by atoms with E-state index >= 15 is 0 Å². The molecule has 0 aliphatic rings. The zero-order chi connectivity index (χ0) is 18.8. The summed E-state index contributed by atoms with van der Waals surface area (Å²) in [5.41, 5.74) is 4.09. The molecule has 0 aliphatic carbocycles. The number of methoxy groups -OCH3 is 1. The van der Waals surface area contributed by atoms with Crippen LogP contribution in [-0.4, -0.2) is 26.7 Å². The third kappa shape index (κ3) is 3.19. The van der Waals surface area contributed by atoms with E-state index in [9.17, 15) is 4.39 Å².